The number of anilines is 2. The summed E-state index contributed by atoms with van der Waals surface area (Å²) in [7, 11) is 4.13. The molecule has 2 N–H and O–H groups in total. The minimum atomic E-state index is -0.0177. The summed E-state index contributed by atoms with van der Waals surface area (Å²) in [4.78, 5) is 9.18. The first kappa shape index (κ1) is 25.8. The van der Waals surface area contributed by atoms with Crippen LogP contribution in [0.5, 0.6) is 0 Å². The Morgan fingerprint density at radius 3 is 2.39 bits per heavy atom. The van der Waals surface area contributed by atoms with Gasteiger partial charge in [-0.3, -0.25) is 4.98 Å². The Balaban J connectivity index is 1.45. The molecule has 0 radical (unpaired) electrons. The van der Waals surface area contributed by atoms with Crippen LogP contribution >= 0.6 is 12.2 Å². The molecule has 1 aliphatic heterocycles. The predicted molar refractivity (Wildman–Crippen MR) is 161 cm³/mol. The molecule has 0 spiro atoms. The second kappa shape index (κ2) is 11.3. The van der Waals surface area contributed by atoms with Crippen LogP contribution in [0.1, 0.15) is 41.1 Å². The van der Waals surface area contributed by atoms with Crippen LogP contribution in [0.2, 0.25) is 0 Å². The number of para-hydroxylation sites is 1. The number of benzene rings is 2. The molecule has 2 aromatic carbocycles. The van der Waals surface area contributed by atoms with Gasteiger partial charge in [-0.15, -0.1) is 0 Å². The van der Waals surface area contributed by atoms with Crippen LogP contribution < -0.4 is 15.5 Å². The molecule has 4 aromatic rings. The van der Waals surface area contributed by atoms with E-state index >= 15 is 0 Å². The van der Waals surface area contributed by atoms with Gasteiger partial charge in [-0.2, -0.15) is 0 Å². The molecular formula is C31H36N6S. The lowest BCUT2D eigenvalue weighted by atomic mass is 9.96. The first-order valence-corrected chi connectivity index (χ1v) is 13.6. The lowest BCUT2D eigenvalue weighted by Crippen LogP contribution is -2.31. The summed E-state index contributed by atoms with van der Waals surface area (Å²) >= 11 is 5.91. The van der Waals surface area contributed by atoms with Gasteiger partial charge in [0.15, 0.2) is 5.11 Å². The van der Waals surface area contributed by atoms with Crippen LogP contribution in [-0.2, 0) is 0 Å². The van der Waals surface area contributed by atoms with Gasteiger partial charge >= 0.3 is 0 Å². The zero-order valence-electron chi connectivity index (χ0n) is 22.6. The smallest absolute Gasteiger partial charge is 0.170 e. The van der Waals surface area contributed by atoms with Gasteiger partial charge in [0, 0.05) is 61.8 Å². The van der Waals surface area contributed by atoms with E-state index in [0.29, 0.717) is 0 Å². The second-order valence-corrected chi connectivity index (χ2v) is 10.4. The Morgan fingerprint density at radius 2 is 1.71 bits per heavy atom. The number of aryl methyl sites for hydroxylation is 1. The van der Waals surface area contributed by atoms with Crippen LogP contribution in [0.25, 0.3) is 5.69 Å². The monoisotopic (exact) mass is 524 g/mol. The molecule has 196 valence electrons. The quantitative estimate of drug-likeness (QED) is 0.206. The van der Waals surface area contributed by atoms with E-state index in [2.05, 4.69) is 114 Å². The summed E-state index contributed by atoms with van der Waals surface area (Å²) in [5.74, 6) is 0. The van der Waals surface area contributed by atoms with E-state index in [-0.39, 0.29) is 12.1 Å². The Bertz CT molecular complexity index is 1370. The third-order valence-corrected chi connectivity index (χ3v) is 7.64. The van der Waals surface area contributed by atoms with Crippen molar-refractivity contribution in [3.05, 3.63) is 108 Å². The van der Waals surface area contributed by atoms with Gasteiger partial charge in [0.05, 0.1) is 17.8 Å². The second-order valence-electron chi connectivity index (χ2n) is 10.0. The van der Waals surface area contributed by atoms with Crippen molar-refractivity contribution in [2.24, 2.45) is 0 Å². The molecule has 5 rings (SSSR count). The highest BCUT2D eigenvalue weighted by atomic mass is 32.1. The maximum atomic E-state index is 5.91. The van der Waals surface area contributed by atoms with E-state index in [1.807, 2.05) is 24.4 Å². The summed E-state index contributed by atoms with van der Waals surface area (Å²) in [5.41, 5.74) is 8.21. The molecule has 0 bridgehead atoms. The molecule has 6 nitrogen and oxygen atoms in total. The van der Waals surface area contributed by atoms with Crippen LogP contribution in [0.3, 0.4) is 0 Å². The molecule has 0 amide bonds. The van der Waals surface area contributed by atoms with Crippen molar-refractivity contribution in [1.29, 1.82) is 0 Å². The van der Waals surface area contributed by atoms with Gasteiger partial charge in [-0.25, -0.2) is 0 Å². The molecule has 1 saturated heterocycles. The summed E-state index contributed by atoms with van der Waals surface area (Å²) in [5, 5.41) is 7.91. The molecule has 2 atom stereocenters. The van der Waals surface area contributed by atoms with Gasteiger partial charge in [0.1, 0.15) is 0 Å². The van der Waals surface area contributed by atoms with Gasteiger partial charge in [-0.05, 0) is 92.6 Å². The van der Waals surface area contributed by atoms with Gasteiger partial charge in [0.2, 0.25) is 0 Å². The number of aromatic nitrogens is 2. The molecule has 2 aromatic heterocycles. The Kier molecular flexibility index (Phi) is 7.65. The SMILES string of the molecule is Cc1cc([C@H]2[C@H](c3ccccn3)NC(=S)N2CCCNc2ccccc2)c(C)n1-c1ccc(N(C)C)cc1. The highest BCUT2D eigenvalue weighted by Gasteiger charge is 2.41. The molecule has 1 fully saturated rings. The third kappa shape index (κ3) is 5.24. The van der Waals surface area contributed by atoms with E-state index in [9.17, 15) is 0 Å². The minimum absolute atomic E-state index is 0.0177. The zero-order valence-corrected chi connectivity index (χ0v) is 23.4. The summed E-state index contributed by atoms with van der Waals surface area (Å²) in [6, 6.07) is 27.5. The average molecular weight is 525 g/mol. The van der Waals surface area contributed by atoms with Crippen molar-refractivity contribution < 1.29 is 0 Å². The van der Waals surface area contributed by atoms with Crippen LogP contribution in [0, 0.1) is 13.8 Å². The first-order chi connectivity index (χ1) is 18.4. The molecule has 38 heavy (non-hydrogen) atoms. The predicted octanol–water partition coefficient (Wildman–Crippen LogP) is 6.03. The molecule has 3 heterocycles. The maximum absolute atomic E-state index is 5.91. The van der Waals surface area contributed by atoms with Crippen molar-refractivity contribution in [3.63, 3.8) is 0 Å². The Labute approximate surface area is 231 Å². The van der Waals surface area contributed by atoms with Crippen LogP contribution in [-0.4, -0.2) is 46.7 Å². The summed E-state index contributed by atoms with van der Waals surface area (Å²) < 4.78 is 2.35. The first-order valence-electron chi connectivity index (χ1n) is 13.2. The third-order valence-electron chi connectivity index (χ3n) is 7.29. The van der Waals surface area contributed by atoms with E-state index < -0.39 is 0 Å². The minimum Gasteiger partial charge on any atom is -0.385 e. The van der Waals surface area contributed by atoms with Gasteiger partial charge in [0.25, 0.3) is 0 Å². The van der Waals surface area contributed by atoms with Gasteiger partial charge < -0.3 is 25.0 Å². The fraction of sp³-hybridized carbons (Fsp3) is 0.290. The van der Waals surface area contributed by atoms with Crippen LogP contribution in [0.15, 0.2) is 85.1 Å². The van der Waals surface area contributed by atoms with E-state index in [1.54, 1.807) is 0 Å². The van der Waals surface area contributed by atoms with E-state index in [1.165, 1.54) is 28.3 Å². The number of nitrogens with one attached hydrogen (secondary N) is 2. The normalized spacial score (nSPS) is 16.9. The lowest BCUT2D eigenvalue weighted by molar-refractivity contribution is 0.315. The molecule has 0 aliphatic carbocycles. The number of pyridine rings is 1. The van der Waals surface area contributed by atoms with E-state index in [0.717, 1.165) is 36.0 Å². The average Bonchev–Trinajstić information content (AvgIpc) is 3.42. The maximum Gasteiger partial charge on any atom is 0.170 e. The number of thiocarbonyl (C=S) groups is 1. The number of rotatable bonds is 9. The van der Waals surface area contributed by atoms with E-state index in [4.69, 9.17) is 17.2 Å². The standard InChI is InChI=1S/C31H36N6S/c1-22-21-27(23(2)37(22)26-16-14-25(15-17-26)35(3)4)30-29(28-13-8-9-18-33-28)34-31(38)36(30)20-10-19-32-24-11-6-5-7-12-24/h5-9,11-18,21,29-30,32H,10,19-20H2,1-4H3,(H,34,38)/t29-,30-/m0/s1. The molecule has 7 heteroatoms. The van der Waals surface area contributed by atoms with Crippen molar-refractivity contribution in [3.8, 4) is 5.69 Å². The van der Waals surface area contributed by atoms with Crippen molar-refractivity contribution in [2.45, 2.75) is 32.4 Å². The Morgan fingerprint density at radius 1 is 0.974 bits per heavy atom. The number of hydrogen-bond acceptors (Lipinski definition) is 4. The van der Waals surface area contributed by atoms with Gasteiger partial charge in [-0.1, -0.05) is 24.3 Å². The molecule has 1 aliphatic rings. The summed E-state index contributed by atoms with van der Waals surface area (Å²) in [6.45, 7) is 6.12. The largest absolute Gasteiger partial charge is 0.385 e. The molecule has 0 unspecified atom stereocenters. The summed E-state index contributed by atoms with van der Waals surface area (Å²) in [6.07, 6.45) is 2.83. The highest BCUT2D eigenvalue weighted by molar-refractivity contribution is 7.80. The van der Waals surface area contributed by atoms with Crippen molar-refractivity contribution >= 4 is 28.7 Å². The zero-order chi connectivity index (χ0) is 26.6. The number of nitrogens with zero attached hydrogens (tertiary/aromatic N) is 4. The highest BCUT2D eigenvalue weighted by Crippen LogP contribution is 2.41. The lowest BCUT2D eigenvalue weighted by Gasteiger charge is -2.28. The Hall–Kier alpha value is -3.84. The fourth-order valence-electron chi connectivity index (χ4n) is 5.41. The number of hydrogen-bond donors (Lipinski definition) is 2. The van der Waals surface area contributed by atoms with Crippen LogP contribution in [0.4, 0.5) is 11.4 Å². The topological polar surface area (TPSA) is 48.4 Å². The molecular weight excluding hydrogens is 488 g/mol. The fourth-order valence-corrected chi connectivity index (χ4v) is 5.74. The van der Waals surface area contributed by atoms with Crippen molar-refractivity contribution in [1.82, 2.24) is 19.8 Å². The molecule has 0 saturated carbocycles. The van der Waals surface area contributed by atoms with Crippen molar-refractivity contribution in [2.75, 3.05) is 37.4 Å².